The number of benzene rings is 1. The van der Waals surface area contributed by atoms with Gasteiger partial charge in [0, 0.05) is 43.8 Å². The average molecular weight is 348 g/mol. The Morgan fingerprint density at radius 3 is 2.62 bits per heavy atom. The maximum Gasteiger partial charge on any atom is 0.320 e. The van der Waals surface area contributed by atoms with Crippen LogP contribution < -0.4 is 0 Å². The number of amides is 2. The standard InChI is InChI=1S/C19H26ClN3O/c20-16-6-4-5-15(11-16)12-21-9-10-22-18(13-21)14-23(19(22)24)17-7-2-1-3-8-17/h4-6,11,17-18H,1-3,7-10,12-14H2/t18-/m1/s1. The number of piperazine rings is 1. The van der Waals surface area contributed by atoms with Crippen molar-refractivity contribution >= 4 is 17.6 Å². The van der Waals surface area contributed by atoms with Crippen molar-refractivity contribution in [3.8, 4) is 0 Å². The van der Waals surface area contributed by atoms with Gasteiger partial charge < -0.3 is 9.80 Å². The number of urea groups is 1. The minimum atomic E-state index is 0.286. The van der Waals surface area contributed by atoms with E-state index in [9.17, 15) is 4.79 Å². The molecule has 2 saturated heterocycles. The van der Waals surface area contributed by atoms with Gasteiger partial charge in [0.25, 0.3) is 0 Å². The summed E-state index contributed by atoms with van der Waals surface area (Å²) in [6.45, 7) is 4.61. The molecule has 4 rings (SSSR count). The molecule has 0 spiro atoms. The molecule has 0 aromatic heterocycles. The van der Waals surface area contributed by atoms with E-state index in [0.29, 0.717) is 12.1 Å². The number of halogens is 1. The van der Waals surface area contributed by atoms with Gasteiger partial charge in [-0.15, -0.1) is 0 Å². The molecule has 0 bridgehead atoms. The number of fused-ring (bicyclic) bond motifs is 1. The minimum Gasteiger partial charge on any atom is -0.320 e. The largest absolute Gasteiger partial charge is 0.320 e. The molecular formula is C19H26ClN3O. The first kappa shape index (κ1) is 16.2. The van der Waals surface area contributed by atoms with Crippen LogP contribution in [0.15, 0.2) is 24.3 Å². The van der Waals surface area contributed by atoms with Crippen LogP contribution in [-0.2, 0) is 6.54 Å². The van der Waals surface area contributed by atoms with Gasteiger partial charge in [0.2, 0.25) is 0 Å². The molecule has 2 heterocycles. The fourth-order valence-corrected chi connectivity index (χ4v) is 4.75. The Morgan fingerprint density at radius 1 is 1.00 bits per heavy atom. The lowest BCUT2D eigenvalue weighted by atomic mass is 9.94. The second kappa shape index (κ2) is 6.93. The summed E-state index contributed by atoms with van der Waals surface area (Å²) in [4.78, 5) is 19.5. The molecule has 130 valence electrons. The fourth-order valence-electron chi connectivity index (χ4n) is 4.53. The molecule has 2 amide bonds. The monoisotopic (exact) mass is 347 g/mol. The van der Waals surface area contributed by atoms with E-state index < -0.39 is 0 Å². The van der Waals surface area contributed by atoms with Gasteiger partial charge in [-0.05, 0) is 30.5 Å². The number of hydrogen-bond donors (Lipinski definition) is 0. The minimum absolute atomic E-state index is 0.286. The number of carbonyl (C=O) groups is 1. The number of rotatable bonds is 3. The molecule has 2 aliphatic heterocycles. The van der Waals surface area contributed by atoms with Crippen molar-refractivity contribution in [2.75, 3.05) is 26.2 Å². The van der Waals surface area contributed by atoms with E-state index in [1.807, 2.05) is 18.2 Å². The second-order valence-corrected chi connectivity index (χ2v) is 7.88. The normalized spacial score (nSPS) is 26.0. The van der Waals surface area contributed by atoms with Gasteiger partial charge in [0.05, 0.1) is 6.04 Å². The first-order valence-corrected chi connectivity index (χ1v) is 9.62. The SMILES string of the molecule is O=C1N(C2CCCCC2)C[C@H]2CN(Cc3cccc(Cl)c3)CCN12. The van der Waals surface area contributed by atoms with E-state index in [2.05, 4.69) is 20.8 Å². The highest BCUT2D eigenvalue weighted by atomic mass is 35.5. The summed E-state index contributed by atoms with van der Waals surface area (Å²) in [5, 5.41) is 0.797. The van der Waals surface area contributed by atoms with Crippen LogP contribution in [0.1, 0.15) is 37.7 Å². The van der Waals surface area contributed by atoms with Crippen molar-refractivity contribution in [3.05, 3.63) is 34.9 Å². The number of nitrogens with zero attached hydrogens (tertiary/aromatic N) is 3. The molecule has 1 atom stereocenters. The van der Waals surface area contributed by atoms with Gasteiger partial charge in [0.1, 0.15) is 0 Å². The molecule has 3 fully saturated rings. The maximum absolute atomic E-state index is 12.8. The van der Waals surface area contributed by atoms with Crippen LogP contribution in [0.2, 0.25) is 5.02 Å². The van der Waals surface area contributed by atoms with E-state index in [-0.39, 0.29) is 6.03 Å². The van der Waals surface area contributed by atoms with Gasteiger partial charge in [-0.3, -0.25) is 4.90 Å². The molecule has 0 N–H and O–H groups in total. The van der Waals surface area contributed by atoms with Crippen LogP contribution in [0.25, 0.3) is 0 Å². The first-order chi connectivity index (χ1) is 11.7. The molecular weight excluding hydrogens is 322 g/mol. The van der Waals surface area contributed by atoms with Gasteiger partial charge in [-0.25, -0.2) is 4.79 Å². The van der Waals surface area contributed by atoms with Crippen molar-refractivity contribution in [2.24, 2.45) is 0 Å². The molecule has 3 aliphatic rings. The zero-order valence-electron chi connectivity index (χ0n) is 14.2. The highest BCUT2D eigenvalue weighted by molar-refractivity contribution is 6.30. The predicted octanol–water partition coefficient (Wildman–Crippen LogP) is 3.59. The van der Waals surface area contributed by atoms with Crippen LogP contribution in [-0.4, -0.2) is 59.0 Å². The van der Waals surface area contributed by atoms with Crippen LogP contribution in [0.5, 0.6) is 0 Å². The van der Waals surface area contributed by atoms with Gasteiger partial charge in [0.15, 0.2) is 0 Å². The Morgan fingerprint density at radius 2 is 1.83 bits per heavy atom. The van der Waals surface area contributed by atoms with E-state index in [1.165, 1.54) is 37.7 Å². The zero-order chi connectivity index (χ0) is 16.5. The van der Waals surface area contributed by atoms with Crippen molar-refractivity contribution in [3.63, 3.8) is 0 Å². The van der Waals surface area contributed by atoms with Crippen molar-refractivity contribution in [2.45, 2.75) is 50.7 Å². The molecule has 24 heavy (non-hydrogen) atoms. The quantitative estimate of drug-likeness (QED) is 0.835. The van der Waals surface area contributed by atoms with E-state index in [0.717, 1.165) is 37.7 Å². The lowest BCUT2D eigenvalue weighted by Gasteiger charge is -2.36. The van der Waals surface area contributed by atoms with E-state index in [1.54, 1.807) is 0 Å². The molecule has 1 aliphatic carbocycles. The van der Waals surface area contributed by atoms with Crippen LogP contribution in [0.4, 0.5) is 4.79 Å². The summed E-state index contributed by atoms with van der Waals surface area (Å²) in [6.07, 6.45) is 6.27. The predicted molar refractivity (Wildman–Crippen MR) is 96.2 cm³/mol. The second-order valence-electron chi connectivity index (χ2n) is 7.44. The fraction of sp³-hybridized carbons (Fsp3) is 0.632. The maximum atomic E-state index is 12.8. The van der Waals surface area contributed by atoms with Crippen molar-refractivity contribution in [1.82, 2.24) is 14.7 Å². The molecule has 0 radical (unpaired) electrons. The Kier molecular flexibility index (Phi) is 4.68. The Balaban J connectivity index is 1.39. The molecule has 4 nitrogen and oxygen atoms in total. The summed E-state index contributed by atoms with van der Waals surface area (Å²) >= 11 is 6.10. The molecule has 1 aromatic rings. The zero-order valence-corrected chi connectivity index (χ0v) is 14.9. The third-order valence-electron chi connectivity index (χ3n) is 5.78. The van der Waals surface area contributed by atoms with Crippen LogP contribution in [0.3, 0.4) is 0 Å². The average Bonchev–Trinajstić information content (AvgIpc) is 2.92. The highest BCUT2D eigenvalue weighted by Crippen LogP contribution is 2.29. The first-order valence-electron chi connectivity index (χ1n) is 9.25. The van der Waals surface area contributed by atoms with Crippen LogP contribution >= 0.6 is 11.6 Å². The number of hydrogen-bond acceptors (Lipinski definition) is 2. The van der Waals surface area contributed by atoms with Crippen molar-refractivity contribution in [1.29, 1.82) is 0 Å². The lowest BCUT2D eigenvalue weighted by molar-refractivity contribution is 0.116. The van der Waals surface area contributed by atoms with Crippen LogP contribution in [0, 0.1) is 0 Å². The van der Waals surface area contributed by atoms with Gasteiger partial charge >= 0.3 is 6.03 Å². The summed E-state index contributed by atoms with van der Waals surface area (Å²) in [6, 6.07) is 9.23. The summed E-state index contributed by atoms with van der Waals surface area (Å²) in [5.41, 5.74) is 1.25. The van der Waals surface area contributed by atoms with E-state index in [4.69, 9.17) is 11.6 Å². The molecule has 1 aromatic carbocycles. The summed E-state index contributed by atoms with van der Waals surface area (Å²) in [5.74, 6) is 0. The highest BCUT2D eigenvalue weighted by Gasteiger charge is 2.43. The Hall–Kier alpha value is -1.26. The van der Waals surface area contributed by atoms with E-state index >= 15 is 0 Å². The molecule has 1 saturated carbocycles. The number of carbonyl (C=O) groups excluding carboxylic acids is 1. The summed E-state index contributed by atoms with van der Waals surface area (Å²) < 4.78 is 0. The molecule has 0 unspecified atom stereocenters. The molecule has 5 heteroatoms. The third kappa shape index (κ3) is 3.27. The lowest BCUT2D eigenvalue weighted by Crippen LogP contribution is -2.51. The Bertz CT molecular complexity index is 602. The summed E-state index contributed by atoms with van der Waals surface area (Å²) in [7, 11) is 0. The van der Waals surface area contributed by atoms with Gasteiger partial charge in [-0.1, -0.05) is 43.0 Å². The van der Waals surface area contributed by atoms with Crippen molar-refractivity contribution < 1.29 is 4.79 Å². The van der Waals surface area contributed by atoms with Gasteiger partial charge in [-0.2, -0.15) is 0 Å². The third-order valence-corrected chi connectivity index (χ3v) is 6.01. The topological polar surface area (TPSA) is 26.8 Å². The Labute approximate surface area is 149 Å². The smallest absolute Gasteiger partial charge is 0.320 e.